The van der Waals surface area contributed by atoms with Gasteiger partial charge < -0.3 is 4.74 Å². The maximum atomic E-state index is 12.0. The molecule has 1 aliphatic carbocycles. The highest BCUT2D eigenvalue weighted by molar-refractivity contribution is 7.14. The summed E-state index contributed by atoms with van der Waals surface area (Å²) in [6.07, 6.45) is 4.28. The summed E-state index contributed by atoms with van der Waals surface area (Å²) < 4.78 is 5.01. The van der Waals surface area contributed by atoms with E-state index >= 15 is 0 Å². The molecule has 124 valence electrons. The molecule has 0 unspecified atom stereocenters. The lowest BCUT2D eigenvalue weighted by atomic mass is 9.99. The van der Waals surface area contributed by atoms with E-state index in [1.807, 2.05) is 6.07 Å². The number of amides is 2. The Morgan fingerprint density at radius 1 is 1.08 bits per heavy atom. The van der Waals surface area contributed by atoms with E-state index in [1.165, 1.54) is 21.8 Å². The van der Waals surface area contributed by atoms with Crippen molar-refractivity contribution in [1.29, 1.82) is 0 Å². The van der Waals surface area contributed by atoms with Crippen LogP contribution in [-0.2, 0) is 22.4 Å². The Bertz CT molecular complexity index is 743. The number of nitrogens with one attached hydrogen (secondary N) is 1. The Hall–Kier alpha value is -2.47. The van der Waals surface area contributed by atoms with Gasteiger partial charge in [-0.15, -0.1) is 11.3 Å². The summed E-state index contributed by atoms with van der Waals surface area (Å²) in [7, 11) is 0. The Balaban J connectivity index is 1.51. The second-order valence-corrected chi connectivity index (χ2v) is 6.72. The highest BCUT2D eigenvalue weighted by Crippen LogP contribution is 2.29. The summed E-state index contributed by atoms with van der Waals surface area (Å²) in [5, 5.41) is 2.20. The molecule has 0 fully saturated rings. The van der Waals surface area contributed by atoms with Crippen LogP contribution in [0.15, 0.2) is 36.4 Å². The van der Waals surface area contributed by atoms with Crippen molar-refractivity contribution in [2.24, 2.45) is 0 Å². The summed E-state index contributed by atoms with van der Waals surface area (Å²) in [6.45, 7) is -0.472. The zero-order valence-electron chi connectivity index (χ0n) is 13.0. The van der Waals surface area contributed by atoms with Crippen molar-refractivity contribution in [1.82, 2.24) is 5.32 Å². The largest absolute Gasteiger partial charge is 0.451 e. The molecule has 6 heteroatoms. The van der Waals surface area contributed by atoms with Gasteiger partial charge in [0, 0.05) is 10.4 Å². The molecule has 1 heterocycles. The van der Waals surface area contributed by atoms with Gasteiger partial charge in [0.1, 0.15) is 4.88 Å². The Morgan fingerprint density at radius 2 is 1.83 bits per heavy atom. The first-order valence-electron chi connectivity index (χ1n) is 7.81. The van der Waals surface area contributed by atoms with E-state index in [4.69, 9.17) is 4.74 Å². The molecule has 2 aromatic rings. The summed E-state index contributed by atoms with van der Waals surface area (Å²) in [4.78, 5) is 37.4. The third-order valence-corrected chi connectivity index (χ3v) is 5.04. The van der Waals surface area contributed by atoms with E-state index in [1.54, 1.807) is 30.3 Å². The molecule has 0 saturated heterocycles. The van der Waals surface area contributed by atoms with Crippen LogP contribution in [0.25, 0.3) is 0 Å². The molecule has 0 spiro atoms. The average molecular weight is 343 g/mol. The molecule has 3 rings (SSSR count). The van der Waals surface area contributed by atoms with Crippen LogP contribution in [-0.4, -0.2) is 24.4 Å². The second-order valence-electron chi connectivity index (χ2n) is 5.59. The van der Waals surface area contributed by atoms with Crippen LogP contribution in [0.3, 0.4) is 0 Å². The fourth-order valence-corrected chi connectivity index (χ4v) is 3.77. The number of benzene rings is 1. The summed E-state index contributed by atoms with van der Waals surface area (Å²) >= 11 is 1.43. The first kappa shape index (κ1) is 16.4. The van der Waals surface area contributed by atoms with Gasteiger partial charge in [0.05, 0.1) is 0 Å². The van der Waals surface area contributed by atoms with E-state index < -0.39 is 24.4 Å². The quantitative estimate of drug-likeness (QED) is 0.867. The SMILES string of the molecule is O=C(COC(=O)c1cc2c(s1)CCCC2)NC(=O)c1ccccc1. The third-order valence-electron chi connectivity index (χ3n) is 3.82. The highest BCUT2D eigenvalue weighted by atomic mass is 32.1. The number of hydrogen-bond donors (Lipinski definition) is 1. The van der Waals surface area contributed by atoms with Crippen LogP contribution in [0.5, 0.6) is 0 Å². The van der Waals surface area contributed by atoms with Crippen molar-refractivity contribution in [2.75, 3.05) is 6.61 Å². The normalized spacial score (nSPS) is 13.0. The molecule has 2 amide bonds. The van der Waals surface area contributed by atoms with Gasteiger partial charge in [0.15, 0.2) is 6.61 Å². The Morgan fingerprint density at radius 3 is 2.58 bits per heavy atom. The minimum atomic E-state index is -0.640. The van der Waals surface area contributed by atoms with Crippen LogP contribution in [0.2, 0.25) is 0 Å². The lowest BCUT2D eigenvalue weighted by molar-refractivity contribution is -0.123. The zero-order valence-corrected chi connectivity index (χ0v) is 13.9. The van der Waals surface area contributed by atoms with Gasteiger partial charge in [-0.2, -0.15) is 0 Å². The van der Waals surface area contributed by atoms with E-state index in [-0.39, 0.29) is 0 Å². The van der Waals surface area contributed by atoms with Crippen molar-refractivity contribution < 1.29 is 19.1 Å². The van der Waals surface area contributed by atoms with Gasteiger partial charge in [-0.3, -0.25) is 14.9 Å². The lowest BCUT2D eigenvalue weighted by Gasteiger charge is -2.08. The van der Waals surface area contributed by atoms with E-state index in [0.717, 1.165) is 25.7 Å². The molecule has 5 nitrogen and oxygen atoms in total. The standard InChI is InChI=1S/C18H17NO4S/c20-16(19-17(21)12-6-2-1-3-7-12)11-23-18(22)15-10-13-8-4-5-9-14(13)24-15/h1-3,6-7,10H,4-5,8-9,11H2,(H,19,20,21). The highest BCUT2D eigenvalue weighted by Gasteiger charge is 2.19. The zero-order chi connectivity index (χ0) is 16.9. The molecular weight excluding hydrogens is 326 g/mol. The number of imide groups is 1. The van der Waals surface area contributed by atoms with E-state index in [0.29, 0.717) is 10.4 Å². The molecule has 0 aliphatic heterocycles. The monoisotopic (exact) mass is 343 g/mol. The molecule has 0 saturated carbocycles. The minimum absolute atomic E-state index is 0.378. The smallest absolute Gasteiger partial charge is 0.348 e. The summed E-state index contributed by atoms with van der Waals surface area (Å²) in [5.74, 6) is -1.67. The molecule has 1 aromatic carbocycles. The molecule has 0 radical (unpaired) electrons. The number of rotatable bonds is 4. The number of carbonyl (C=O) groups is 3. The Labute approximate surface area is 143 Å². The first-order chi connectivity index (χ1) is 11.6. The predicted molar refractivity (Wildman–Crippen MR) is 90.2 cm³/mol. The van der Waals surface area contributed by atoms with Crippen LogP contribution in [0, 0.1) is 0 Å². The number of aryl methyl sites for hydroxylation is 2. The van der Waals surface area contributed by atoms with E-state index in [2.05, 4.69) is 5.32 Å². The van der Waals surface area contributed by atoms with Gasteiger partial charge in [0.25, 0.3) is 11.8 Å². The van der Waals surface area contributed by atoms with Gasteiger partial charge in [0.2, 0.25) is 0 Å². The van der Waals surface area contributed by atoms with Gasteiger partial charge in [-0.1, -0.05) is 18.2 Å². The predicted octanol–water partition coefficient (Wildman–Crippen LogP) is 2.74. The van der Waals surface area contributed by atoms with Crippen LogP contribution in [0.1, 0.15) is 43.3 Å². The number of carbonyl (C=O) groups excluding carboxylic acids is 3. The van der Waals surface area contributed by atoms with Crippen molar-refractivity contribution in [2.45, 2.75) is 25.7 Å². The first-order valence-corrected chi connectivity index (χ1v) is 8.63. The maximum absolute atomic E-state index is 12.0. The molecule has 1 aromatic heterocycles. The number of ether oxygens (including phenoxy) is 1. The summed E-state index contributed by atoms with van der Waals surface area (Å²) in [6, 6.07) is 10.3. The van der Waals surface area contributed by atoms with Crippen LogP contribution < -0.4 is 5.32 Å². The molecule has 1 N–H and O–H groups in total. The number of thiophene rings is 1. The number of hydrogen-bond acceptors (Lipinski definition) is 5. The summed E-state index contributed by atoms with van der Waals surface area (Å²) in [5.41, 5.74) is 1.59. The molecule has 24 heavy (non-hydrogen) atoms. The van der Waals surface area contributed by atoms with Gasteiger partial charge in [-0.05, 0) is 49.4 Å². The van der Waals surface area contributed by atoms with Crippen molar-refractivity contribution >= 4 is 29.1 Å². The fraction of sp³-hybridized carbons (Fsp3) is 0.278. The average Bonchev–Trinajstić information content (AvgIpc) is 3.04. The second kappa shape index (κ2) is 7.40. The fourth-order valence-electron chi connectivity index (χ4n) is 2.62. The minimum Gasteiger partial charge on any atom is -0.451 e. The van der Waals surface area contributed by atoms with Crippen molar-refractivity contribution in [3.8, 4) is 0 Å². The number of esters is 1. The molecular formula is C18H17NO4S. The van der Waals surface area contributed by atoms with Gasteiger partial charge >= 0.3 is 5.97 Å². The maximum Gasteiger partial charge on any atom is 0.348 e. The third kappa shape index (κ3) is 3.89. The van der Waals surface area contributed by atoms with Crippen molar-refractivity contribution in [3.63, 3.8) is 0 Å². The Kier molecular flexibility index (Phi) is 5.05. The van der Waals surface area contributed by atoms with Crippen LogP contribution >= 0.6 is 11.3 Å². The molecule has 0 bridgehead atoms. The topological polar surface area (TPSA) is 72.5 Å². The molecule has 1 aliphatic rings. The van der Waals surface area contributed by atoms with Crippen molar-refractivity contribution in [3.05, 3.63) is 57.3 Å². The van der Waals surface area contributed by atoms with Crippen LogP contribution in [0.4, 0.5) is 0 Å². The lowest BCUT2D eigenvalue weighted by Crippen LogP contribution is -2.34. The number of fused-ring (bicyclic) bond motifs is 1. The molecule has 0 atom stereocenters. The van der Waals surface area contributed by atoms with Gasteiger partial charge in [-0.25, -0.2) is 4.79 Å². The van der Waals surface area contributed by atoms with E-state index in [9.17, 15) is 14.4 Å².